The molecule has 0 bridgehead atoms. The minimum atomic E-state index is -0.393. The van der Waals surface area contributed by atoms with Gasteiger partial charge in [-0.05, 0) is 44.0 Å². The van der Waals surface area contributed by atoms with Crippen molar-refractivity contribution in [3.05, 3.63) is 71.4 Å². The zero-order valence-corrected chi connectivity index (χ0v) is 16.6. The number of hydrogen-bond acceptors (Lipinski definition) is 5. The number of aryl methyl sites for hydroxylation is 2. The SMILES string of the molecule is CCOC(=O)CCc1ccc(OCCc2nc(-c3ccccc3)oc2C)cc1F. The Morgan fingerprint density at radius 1 is 1.14 bits per heavy atom. The lowest BCUT2D eigenvalue weighted by Gasteiger charge is -2.08. The zero-order chi connectivity index (χ0) is 20.6. The van der Waals surface area contributed by atoms with Crippen LogP contribution in [0.5, 0.6) is 5.75 Å². The molecule has 1 aromatic heterocycles. The summed E-state index contributed by atoms with van der Waals surface area (Å²) in [6.07, 6.45) is 1.000. The first-order chi connectivity index (χ1) is 14.1. The van der Waals surface area contributed by atoms with E-state index in [0.717, 1.165) is 17.0 Å². The van der Waals surface area contributed by atoms with Crippen molar-refractivity contribution in [2.45, 2.75) is 33.1 Å². The standard InChI is InChI=1S/C23H24FNO4/c1-3-27-22(26)12-10-17-9-11-19(15-20(17)24)28-14-13-21-16(2)29-23(25-21)18-7-5-4-6-8-18/h4-9,11,15H,3,10,12-14H2,1-2H3. The molecule has 2 aromatic carbocycles. The Morgan fingerprint density at radius 2 is 1.93 bits per heavy atom. The zero-order valence-electron chi connectivity index (χ0n) is 16.6. The first kappa shape index (κ1) is 20.6. The van der Waals surface area contributed by atoms with Crippen LogP contribution in [-0.4, -0.2) is 24.2 Å². The molecule has 29 heavy (non-hydrogen) atoms. The van der Waals surface area contributed by atoms with Crippen LogP contribution >= 0.6 is 0 Å². The summed E-state index contributed by atoms with van der Waals surface area (Å²) in [6, 6.07) is 14.4. The smallest absolute Gasteiger partial charge is 0.306 e. The fraction of sp³-hybridized carbons (Fsp3) is 0.304. The van der Waals surface area contributed by atoms with Gasteiger partial charge in [0.25, 0.3) is 0 Å². The second kappa shape index (κ2) is 9.87. The average molecular weight is 397 g/mol. The summed E-state index contributed by atoms with van der Waals surface area (Å²) in [4.78, 5) is 15.9. The van der Waals surface area contributed by atoms with Crippen molar-refractivity contribution in [1.82, 2.24) is 4.98 Å². The molecule has 0 unspecified atom stereocenters. The van der Waals surface area contributed by atoms with Crippen LogP contribution in [0, 0.1) is 12.7 Å². The molecule has 3 aromatic rings. The summed E-state index contributed by atoms with van der Waals surface area (Å²) < 4.78 is 30.5. The molecule has 0 atom stereocenters. The van der Waals surface area contributed by atoms with Crippen molar-refractivity contribution in [2.24, 2.45) is 0 Å². The van der Waals surface area contributed by atoms with Gasteiger partial charge in [0.15, 0.2) is 0 Å². The number of halogens is 1. The molecular weight excluding hydrogens is 373 g/mol. The van der Waals surface area contributed by atoms with E-state index in [4.69, 9.17) is 13.9 Å². The van der Waals surface area contributed by atoms with E-state index in [-0.39, 0.29) is 12.4 Å². The third-order valence-electron chi connectivity index (χ3n) is 4.45. The van der Waals surface area contributed by atoms with Crippen molar-refractivity contribution >= 4 is 5.97 Å². The van der Waals surface area contributed by atoms with E-state index >= 15 is 0 Å². The number of aromatic nitrogens is 1. The van der Waals surface area contributed by atoms with E-state index in [9.17, 15) is 9.18 Å². The van der Waals surface area contributed by atoms with Gasteiger partial charge in [-0.3, -0.25) is 4.79 Å². The summed E-state index contributed by atoms with van der Waals surface area (Å²) in [5, 5.41) is 0. The quantitative estimate of drug-likeness (QED) is 0.480. The van der Waals surface area contributed by atoms with Gasteiger partial charge in [0, 0.05) is 24.5 Å². The molecule has 6 heteroatoms. The van der Waals surface area contributed by atoms with Crippen molar-refractivity contribution < 1.29 is 23.1 Å². The molecule has 0 fully saturated rings. The minimum Gasteiger partial charge on any atom is -0.493 e. The second-order valence-electron chi connectivity index (χ2n) is 6.54. The third kappa shape index (κ3) is 5.67. The summed E-state index contributed by atoms with van der Waals surface area (Å²) >= 11 is 0. The highest BCUT2D eigenvalue weighted by molar-refractivity contribution is 5.69. The number of ether oxygens (including phenoxy) is 2. The number of hydrogen-bond donors (Lipinski definition) is 0. The number of benzene rings is 2. The molecule has 152 valence electrons. The maximum absolute atomic E-state index is 14.2. The van der Waals surface area contributed by atoms with E-state index < -0.39 is 5.82 Å². The summed E-state index contributed by atoms with van der Waals surface area (Å²) in [5.74, 6) is 1.04. The molecule has 0 aliphatic rings. The van der Waals surface area contributed by atoms with Gasteiger partial charge in [-0.25, -0.2) is 9.37 Å². The van der Waals surface area contributed by atoms with Crippen LogP contribution in [0.1, 0.15) is 30.4 Å². The number of oxazole rings is 1. The number of carbonyl (C=O) groups is 1. The van der Waals surface area contributed by atoms with Gasteiger partial charge in [0.1, 0.15) is 17.3 Å². The van der Waals surface area contributed by atoms with E-state index in [1.807, 2.05) is 37.3 Å². The Morgan fingerprint density at radius 3 is 2.66 bits per heavy atom. The van der Waals surface area contributed by atoms with Gasteiger partial charge in [0.05, 0.1) is 18.9 Å². The molecule has 3 rings (SSSR count). The van der Waals surface area contributed by atoms with E-state index in [1.165, 1.54) is 6.07 Å². The first-order valence-corrected chi connectivity index (χ1v) is 9.65. The van der Waals surface area contributed by atoms with Crippen LogP contribution in [0.25, 0.3) is 11.5 Å². The molecular formula is C23H24FNO4. The second-order valence-corrected chi connectivity index (χ2v) is 6.54. The molecule has 0 radical (unpaired) electrons. The molecule has 0 aliphatic carbocycles. The molecule has 0 spiro atoms. The molecule has 1 heterocycles. The lowest BCUT2D eigenvalue weighted by molar-refractivity contribution is -0.143. The molecule has 5 nitrogen and oxygen atoms in total. The highest BCUT2D eigenvalue weighted by Gasteiger charge is 2.12. The highest BCUT2D eigenvalue weighted by Crippen LogP contribution is 2.22. The van der Waals surface area contributed by atoms with Crippen LogP contribution in [0.2, 0.25) is 0 Å². The Hall–Kier alpha value is -3.15. The number of carbonyl (C=O) groups excluding carboxylic acids is 1. The molecule has 0 amide bonds. The summed E-state index contributed by atoms with van der Waals surface area (Å²) in [7, 11) is 0. The van der Waals surface area contributed by atoms with Gasteiger partial charge in [0.2, 0.25) is 5.89 Å². The van der Waals surface area contributed by atoms with Gasteiger partial charge in [-0.15, -0.1) is 0 Å². The molecule has 0 saturated carbocycles. The van der Waals surface area contributed by atoms with Crippen molar-refractivity contribution in [1.29, 1.82) is 0 Å². The Balaban J connectivity index is 1.54. The van der Waals surface area contributed by atoms with Crippen molar-refractivity contribution in [3.63, 3.8) is 0 Å². The predicted octanol–water partition coefficient (Wildman–Crippen LogP) is 4.91. The normalized spacial score (nSPS) is 10.7. The van der Waals surface area contributed by atoms with Gasteiger partial charge >= 0.3 is 5.97 Å². The Bertz CT molecular complexity index is 953. The monoisotopic (exact) mass is 397 g/mol. The fourth-order valence-electron chi connectivity index (χ4n) is 2.92. The Labute approximate surface area is 169 Å². The first-order valence-electron chi connectivity index (χ1n) is 9.65. The van der Waals surface area contributed by atoms with E-state index in [1.54, 1.807) is 19.1 Å². The van der Waals surface area contributed by atoms with Crippen molar-refractivity contribution in [3.8, 4) is 17.2 Å². The lowest BCUT2D eigenvalue weighted by atomic mass is 10.1. The van der Waals surface area contributed by atoms with Gasteiger partial charge in [-0.2, -0.15) is 0 Å². The molecule has 0 aliphatic heterocycles. The predicted molar refractivity (Wildman–Crippen MR) is 107 cm³/mol. The highest BCUT2D eigenvalue weighted by atomic mass is 19.1. The van der Waals surface area contributed by atoms with Crippen LogP contribution in [0.15, 0.2) is 52.9 Å². The largest absolute Gasteiger partial charge is 0.493 e. The maximum atomic E-state index is 14.2. The summed E-state index contributed by atoms with van der Waals surface area (Å²) in [5.41, 5.74) is 2.20. The van der Waals surface area contributed by atoms with Gasteiger partial charge in [-0.1, -0.05) is 24.3 Å². The van der Waals surface area contributed by atoms with Crippen LogP contribution in [0.3, 0.4) is 0 Å². The third-order valence-corrected chi connectivity index (χ3v) is 4.45. The van der Waals surface area contributed by atoms with Gasteiger partial charge < -0.3 is 13.9 Å². The molecule has 0 saturated heterocycles. The average Bonchev–Trinajstić information content (AvgIpc) is 3.09. The summed E-state index contributed by atoms with van der Waals surface area (Å²) in [6.45, 7) is 4.29. The van der Waals surface area contributed by atoms with Crippen LogP contribution < -0.4 is 4.74 Å². The maximum Gasteiger partial charge on any atom is 0.306 e. The fourth-order valence-corrected chi connectivity index (χ4v) is 2.92. The number of esters is 1. The lowest BCUT2D eigenvalue weighted by Crippen LogP contribution is -2.06. The topological polar surface area (TPSA) is 61.6 Å². The van der Waals surface area contributed by atoms with Crippen LogP contribution in [0.4, 0.5) is 4.39 Å². The van der Waals surface area contributed by atoms with E-state index in [0.29, 0.717) is 43.3 Å². The number of rotatable bonds is 9. The molecule has 0 N–H and O–H groups in total. The minimum absolute atomic E-state index is 0.153. The van der Waals surface area contributed by atoms with E-state index in [2.05, 4.69) is 4.98 Å². The number of nitrogens with zero attached hydrogens (tertiary/aromatic N) is 1. The van der Waals surface area contributed by atoms with Crippen molar-refractivity contribution in [2.75, 3.05) is 13.2 Å². The Kier molecular flexibility index (Phi) is 7.00. The van der Waals surface area contributed by atoms with Crippen LogP contribution in [-0.2, 0) is 22.4 Å².